The highest BCUT2D eigenvalue weighted by Crippen LogP contribution is 2.31. The molecule has 0 saturated carbocycles. The number of sulfonamides is 2. The molecule has 0 aliphatic carbocycles. The molecule has 0 bridgehead atoms. The third-order valence-electron chi connectivity index (χ3n) is 5.65. The summed E-state index contributed by atoms with van der Waals surface area (Å²) in [4.78, 5) is 12.3. The first-order valence-electron chi connectivity index (χ1n) is 11.6. The first-order chi connectivity index (χ1) is 19.1. The van der Waals surface area contributed by atoms with Gasteiger partial charge in [0.2, 0.25) is 0 Å². The molecule has 0 aromatic heterocycles. The van der Waals surface area contributed by atoms with Crippen molar-refractivity contribution in [3.63, 3.8) is 0 Å². The van der Waals surface area contributed by atoms with Gasteiger partial charge in [0.1, 0.15) is 4.90 Å². The average Bonchev–Trinajstić information content (AvgIpc) is 2.90. The molecule has 4 aromatic carbocycles. The van der Waals surface area contributed by atoms with Crippen LogP contribution in [0.15, 0.2) is 101 Å². The molecule has 0 aliphatic heterocycles. The van der Waals surface area contributed by atoms with E-state index >= 15 is 0 Å². The lowest BCUT2D eigenvalue weighted by Crippen LogP contribution is -2.17. The lowest BCUT2D eigenvalue weighted by molar-refractivity contribution is -0.137. The molecule has 14 heteroatoms. The van der Waals surface area contributed by atoms with E-state index in [2.05, 4.69) is 14.8 Å². The molecule has 3 N–H and O–H groups in total. The first kappa shape index (κ1) is 29.9. The largest absolute Gasteiger partial charge is 0.416 e. The lowest BCUT2D eigenvalue weighted by atomic mass is 10.2. The SMILES string of the molecule is Cc1ccc(NS(=O)(=O)c2cc(C(=O)Nc3ccc(S(=O)(=O)Nc4cccc(C(F)(F)F)c4)cc3)ccc2Cl)cc1. The van der Waals surface area contributed by atoms with E-state index in [0.29, 0.717) is 11.8 Å². The predicted molar refractivity (Wildman–Crippen MR) is 150 cm³/mol. The van der Waals surface area contributed by atoms with E-state index in [-0.39, 0.29) is 31.8 Å². The normalized spacial score (nSPS) is 12.0. The minimum Gasteiger partial charge on any atom is -0.322 e. The Bertz CT molecular complexity index is 1810. The summed E-state index contributed by atoms with van der Waals surface area (Å²) in [5, 5.41) is 2.42. The summed E-state index contributed by atoms with van der Waals surface area (Å²) in [6.45, 7) is 1.85. The fourth-order valence-corrected chi connectivity index (χ4v) is 6.21. The van der Waals surface area contributed by atoms with Gasteiger partial charge in [0.05, 0.1) is 15.5 Å². The Hall–Kier alpha value is -4.07. The monoisotopic (exact) mass is 623 g/mol. The van der Waals surface area contributed by atoms with E-state index < -0.39 is 37.7 Å². The number of carbonyl (C=O) groups is 1. The molecule has 0 atom stereocenters. The van der Waals surface area contributed by atoms with Crippen molar-refractivity contribution in [2.45, 2.75) is 22.9 Å². The number of hydrogen-bond donors (Lipinski definition) is 3. The Labute approximate surface area is 239 Å². The summed E-state index contributed by atoms with van der Waals surface area (Å²) in [5.74, 6) is -0.703. The van der Waals surface area contributed by atoms with Crippen LogP contribution in [0.25, 0.3) is 0 Å². The molecule has 41 heavy (non-hydrogen) atoms. The van der Waals surface area contributed by atoms with Crippen molar-refractivity contribution in [1.82, 2.24) is 0 Å². The van der Waals surface area contributed by atoms with Crippen LogP contribution in [0.1, 0.15) is 21.5 Å². The number of amides is 1. The van der Waals surface area contributed by atoms with Gasteiger partial charge in [-0.25, -0.2) is 16.8 Å². The van der Waals surface area contributed by atoms with E-state index in [1.807, 2.05) is 6.92 Å². The van der Waals surface area contributed by atoms with Gasteiger partial charge >= 0.3 is 6.18 Å². The van der Waals surface area contributed by atoms with E-state index in [4.69, 9.17) is 11.6 Å². The van der Waals surface area contributed by atoms with E-state index in [0.717, 1.165) is 35.9 Å². The van der Waals surface area contributed by atoms with Crippen LogP contribution in [0.4, 0.5) is 30.2 Å². The van der Waals surface area contributed by atoms with Gasteiger partial charge in [-0.15, -0.1) is 0 Å². The molecule has 0 fully saturated rings. The third kappa shape index (κ3) is 7.37. The number of carbonyl (C=O) groups excluding carboxylic acids is 1. The van der Waals surface area contributed by atoms with Crippen molar-refractivity contribution >= 4 is 54.6 Å². The second-order valence-electron chi connectivity index (χ2n) is 8.78. The first-order valence-corrected chi connectivity index (χ1v) is 15.0. The van der Waals surface area contributed by atoms with Crippen molar-refractivity contribution < 1.29 is 34.8 Å². The van der Waals surface area contributed by atoms with E-state index in [9.17, 15) is 34.8 Å². The maximum atomic E-state index is 12.9. The topological polar surface area (TPSA) is 121 Å². The summed E-state index contributed by atoms with van der Waals surface area (Å²) in [6, 6.07) is 18.9. The Morgan fingerprint density at radius 3 is 1.98 bits per heavy atom. The van der Waals surface area contributed by atoms with Crippen LogP contribution in [0.5, 0.6) is 0 Å². The molecule has 8 nitrogen and oxygen atoms in total. The third-order valence-corrected chi connectivity index (χ3v) is 8.91. The lowest BCUT2D eigenvalue weighted by Gasteiger charge is -2.13. The zero-order chi connectivity index (χ0) is 30.0. The minimum atomic E-state index is -4.64. The van der Waals surface area contributed by atoms with Crippen LogP contribution in [0.3, 0.4) is 0 Å². The zero-order valence-corrected chi connectivity index (χ0v) is 23.4. The molecule has 0 aliphatic rings. The molecule has 0 saturated heterocycles. The fraction of sp³-hybridized carbons (Fsp3) is 0.0741. The number of nitrogens with one attached hydrogen (secondary N) is 3. The molecule has 214 valence electrons. The van der Waals surface area contributed by atoms with Gasteiger partial charge in [-0.1, -0.05) is 35.4 Å². The Morgan fingerprint density at radius 2 is 1.34 bits per heavy atom. The van der Waals surface area contributed by atoms with Gasteiger partial charge < -0.3 is 5.32 Å². The van der Waals surface area contributed by atoms with Crippen LogP contribution in [0, 0.1) is 6.92 Å². The maximum absolute atomic E-state index is 12.9. The van der Waals surface area contributed by atoms with Crippen molar-refractivity contribution in [3.8, 4) is 0 Å². The molecular formula is C27H21ClF3N3O5S2. The highest BCUT2D eigenvalue weighted by atomic mass is 35.5. The maximum Gasteiger partial charge on any atom is 0.416 e. The Morgan fingerprint density at radius 1 is 0.732 bits per heavy atom. The number of halogens is 4. The molecule has 0 radical (unpaired) electrons. The summed E-state index contributed by atoms with van der Waals surface area (Å²) >= 11 is 6.12. The van der Waals surface area contributed by atoms with Gasteiger partial charge in [-0.3, -0.25) is 14.2 Å². The minimum absolute atomic E-state index is 0.0402. The van der Waals surface area contributed by atoms with Gasteiger partial charge in [-0.2, -0.15) is 13.2 Å². The Kier molecular flexibility index (Phi) is 8.34. The van der Waals surface area contributed by atoms with Gasteiger partial charge in [0, 0.05) is 22.6 Å². The van der Waals surface area contributed by atoms with Crippen LogP contribution in [-0.4, -0.2) is 22.7 Å². The fourth-order valence-electron chi connectivity index (χ4n) is 3.58. The van der Waals surface area contributed by atoms with Crippen LogP contribution < -0.4 is 14.8 Å². The highest BCUT2D eigenvalue weighted by molar-refractivity contribution is 7.93. The van der Waals surface area contributed by atoms with E-state index in [1.54, 1.807) is 24.3 Å². The van der Waals surface area contributed by atoms with Crippen molar-refractivity contribution in [2.24, 2.45) is 0 Å². The van der Waals surface area contributed by atoms with Crippen molar-refractivity contribution in [3.05, 3.63) is 113 Å². The number of anilines is 3. The second kappa shape index (κ2) is 11.4. The van der Waals surface area contributed by atoms with Gasteiger partial charge in [0.25, 0.3) is 26.0 Å². The molecule has 0 unspecified atom stereocenters. The number of aryl methyl sites for hydroxylation is 1. The zero-order valence-electron chi connectivity index (χ0n) is 21.0. The number of hydrogen-bond acceptors (Lipinski definition) is 5. The number of rotatable bonds is 8. The van der Waals surface area contributed by atoms with Gasteiger partial charge in [-0.05, 0) is 79.7 Å². The van der Waals surface area contributed by atoms with Crippen LogP contribution in [-0.2, 0) is 26.2 Å². The van der Waals surface area contributed by atoms with E-state index in [1.165, 1.54) is 30.3 Å². The van der Waals surface area contributed by atoms with Crippen molar-refractivity contribution in [2.75, 3.05) is 14.8 Å². The quantitative estimate of drug-likeness (QED) is 0.206. The molecule has 0 spiro atoms. The summed E-state index contributed by atoms with van der Waals surface area (Å²) < 4.78 is 94.5. The van der Waals surface area contributed by atoms with Crippen LogP contribution in [0.2, 0.25) is 5.02 Å². The number of benzene rings is 4. The summed E-state index contributed by atoms with van der Waals surface area (Å²) in [7, 11) is -8.39. The summed E-state index contributed by atoms with van der Waals surface area (Å²) in [6.07, 6.45) is -4.64. The average molecular weight is 624 g/mol. The molecule has 1 amide bonds. The molecular weight excluding hydrogens is 603 g/mol. The Balaban J connectivity index is 1.48. The van der Waals surface area contributed by atoms with Crippen molar-refractivity contribution in [1.29, 1.82) is 0 Å². The predicted octanol–water partition coefficient (Wildman–Crippen LogP) is 6.52. The second-order valence-corrected chi connectivity index (χ2v) is 12.5. The number of alkyl halides is 3. The standard InChI is InChI=1S/C27H21ClF3N3O5S2/c1-17-5-8-21(9-6-17)33-41(38,39)25-15-18(7-14-24(25)28)26(35)32-20-10-12-23(13-11-20)40(36,37)34-22-4-2-3-19(16-22)27(29,30)31/h2-16,33-34H,1H3,(H,32,35). The van der Waals surface area contributed by atoms with Gasteiger partial charge in [0.15, 0.2) is 0 Å². The molecule has 4 aromatic rings. The van der Waals surface area contributed by atoms with Crippen LogP contribution >= 0.6 is 11.6 Å². The summed E-state index contributed by atoms with van der Waals surface area (Å²) in [5.41, 5.74) is 0.0792. The molecule has 4 rings (SSSR count). The molecule has 0 heterocycles. The smallest absolute Gasteiger partial charge is 0.322 e. The highest BCUT2D eigenvalue weighted by Gasteiger charge is 2.30.